The highest BCUT2D eigenvalue weighted by Gasteiger charge is 1.83. The SMILES string of the molecule is C[C@H](N)CF. The highest BCUT2D eigenvalue weighted by Crippen LogP contribution is 1.70. The average Bonchev–Trinajstić information content (AvgIpc) is 1.38. The van der Waals surface area contributed by atoms with Crippen molar-refractivity contribution in [2.75, 3.05) is 6.67 Å². The van der Waals surface area contributed by atoms with Crippen molar-refractivity contribution < 1.29 is 4.39 Å². The lowest BCUT2D eigenvalue weighted by molar-refractivity contribution is 0.445. The molecule has 0 unspecified atom stereocenters. The molecule has 0 rings (SSSR count). The molecule has 1 atom stereocenters. The Labute approximate surface area is 31.0 Å². The maximum absolute atomic E-state index is 11.0. The van der Waals surface area contributed by atoms with Crippen molar-refractivity contribution in [2.45, 2.75) is 13.0 Å². The fourth-order valence-electron chi connectivity index (χ4n) is 0. The highest BCUT2D eigenvalue weighted by molar-refractivity contribution is 4.44. The summed E-state index contributed by atoms with van der Waals surface area (Å²) in [4.78, 5) is 0. The molecule has 2 heteroatoms. The van der Waals surface area contributed by atoms with E-state index in [-0.39, 0.29) is 6.04 Å². The Hall–Kier alpha value is -0.110. The molecule has 0 amide bonds. The van der Waals surface area contributed by atoms with E-state index >= 15 is 0 Å². The summed E-state index contributed by atoms with van der Waals surface area (Å²) in [5.74, 6) is 0. The number of rotatable bonds is 1. The summed E-state index contributed by atoms with van der Waals surface area (Å²) >= 11 is 0. The van der Waals surface area contributed by atoms with Crippen LogP contribution in [0, 0.1) is 0 Å². The first-order valence-corrected chi connectivity index (χ1v) is 1.59. The molecule has 0 heterocycles. The first kappa shape index (κ1) is 4.89. The predicted octanol–water partition coefficient (Wildman–Crippen LogP) is 0.303. The molecule has 0 aliphatic rings. The third kappa shape index (κ3) is 3.89. The van der Waals surface area contributed by atoms with Gasteiger partial charge in [-0.05, 0) is 6.92 Å². The standard InChI is InChI=1S/C3H8FN/c1-3(5)2-4/h3H,2,5H2,1H3/t3-/m0/s1. The van der Waals surface area contributed by atoms with E-state index in [1.807, 2.05) is 0 Å². The van der Waals surface area contributed by atoms with E-state index in [4.69, 9.17) is 5.73 Å². The van der Waals surface area contributed by atoms with E-state index in [9.17, 15) is 4.39 Å². The van der Waals surface area contributed by atoms with Crippen molar-refractivity contribution in [3.8, 4) is 0 Å². The second kappa shape index (κ2) is 2.15. The Balaban J connectivity index is 2.54. The van der Waals surface area contributed by atoms with Gasteiger partial charge in [-0.3, -0.25) is 0 Å². The van der Waals surface area contributed by atoms with Gasteiger partial charge in [-0.1, -0.05) is 0 Å². The van der Waals surface area contributed by atoms with Crippen molar-refractivity contribution in [3.63, 3.8) is 0 Å². The molecule has 32 valence electrons. The van der Waals surface area contributed by atoms with Gasteiger partial charge in [-0.2, -0.15) is 0 Å². The zero-order valence-corrected chi connectivity index (χ0v) is 3.24. The topological polar surface area (TPSA) is 26.0 Å². The molecule has 0 aromatic heterocycles. The molecule has 1 nitrogen and oxygen atoms in total. The minimum absolute atomic E-state index is 0.282. The van der Waals surface area contributed by atoms with Gasteiger partial charge >= 0.3 is 0 Å². The van der Waals surface area contributed by atoms with Gasteiger partial charge in [0.05, 0.1) is 0 Å². The molecule has 0 aromatic rings. The number of halogens is 1. The largest absolute Gasteiger partial charge is 0.326 e. The Morgan fingerprint density at radius 3 is 2.20 bits per heavy atom. The van der Waals surface area contributed by atoms with Crippen LogP contribution in [0.2, 0.25) is 0 Å². The van der Waals surface area contributed by atoms with Crippen LogP contribution in [-0.2, 0) is 0 Å². The molecule has 0 radical (unpaired) electrons. The lowest BCUT2D eigenvalue weighted by Gasteiger charge is -1.88. The van der Waals surface area contributed by atoms with Gasteiger partial charge in [-0.15, -0.1) is 0 Å². The average molecular weight is 77.1 g/mol. The van der Waals surface area contributed by atoms with Crippen LogP contribution in [-0.4, -0.2) is 12.7 Å². The van der Waals surface area contributed by atoms with Crippen LogP contribution in [0.15, 0.2) is 0 Å². The Bertz CT molecular complexity index is 20.9. The van der Waals surface area contributed by atoms with Crippen LogP contribution >= 0.6 is 0 Å². The molecular weight excluding hydrogens is 69.0 g/mol. The van der Waals surface area contributed by atoms with Crippen LogP contribution < -0.4 is 5.73 Å². The lowest BCUT2D eigenvalue weighted by Crippen LogP contribution is -2.16. The Kier molecular flexibility index (Phi) is 2.10. The smallest absolute Gasteiger partial charge is 0.104 e. The summed E-state index contributed by atoms with van der Waals surface area (Å²) in [5, 5.41) is 0. The molecule has 0 aliphatic carbocycles. The molecule has 0 fully saturated rings. The maximum atomic E-state index is 11.0. The highest BCUT2D eigenvalue weighted by atomic mass is 19.1. The molecule has 0 saturated heterocycles. The molecule has 0 aliphatic heterocycles. The van der Waals surface area contributed by atoms with Crippen LogP contribution in [0.25, 0.3) is 0 Å². The van der Waals surface area contributed by atoms with Gasteiger partial charge in [0.25, 0.3) is 0 Å². The number of hydrogen-bond acceptors (Lipinski definition) is 1. The van der Waals surface area contributed by atoms with E-state index in [2.05, 4.69) is 0 Å². The first-order valence-electron chi connectivity index (χ1n) is 1.59. The summed E-state index contributed by atoms with van der Waals surface area (Å²) in [6.07, 6.45) is 0. The van der Waals surface area contributed by atoms with Crippen molar-refractivity contribution in [3.05, 3.63) is 0 Å². The zero-order chi connectivity index (χ0) is 4.28. The normalized spacial score (nSPS) is 15.0. The van der Waals surface area contributed by atoms with E-state index in [1.54, 1.807) is 6.92 Å². The maximum Gasteiger partial charge on any atom is 0.104 e. The summed E-state index contributed by atoms with van der Waals surface area (Å²) in [6, 6.07) is -0.282. The molecule has 0 saturated carbocycles. The van der Waals surface area contributed by atoms with Gasteiger partial charge in [0, 0.05) is 6.04 Å². The third-order valence-corrected chi connectivity index (χ3v) is 0.243. The second-order valence-corrected chi connectivity index (χ2v) is 1.13. The zero-order valence-electron chi connectivity index (χ0n) is 3.24. The molecule has 2 N–H and O–H groups in total. The van der Waals surface area contributed by atoms with Crippen LogP contribution in [0.4, 0.5) is 4.39 Å². The summed E-state index contributed by atoms with van der Waals surface area (Å²) < 4.78 is 11.0. The molecule has 5 heavy (non-hydrogen) atoms. The third-order valence-electron chi connectivity index (χ3n) is 0.243. The number of hydrogen-bond donors (Lipinski definition) is 1. The Morgan fingerprint density at radius 2 is 2.20 bits per heavy atom. The van der Waals surface area contributed by atoms with Crippen molar-refractivity contribution >= 4 is 0 Å². The minimum atomic E-state index is -0.417. The van der Waals surface area contributed by atoms with Gasteiger partial charge in [0.2, 0.25) is 0 Å². The molecular formula is C3H8FN. The van der Waals surface area contributed by atoms with Gasteiger partial charge in [0.1, 0.15) is 6.67 Å². The summed E-state index contributed by atoms with van der Waals surface area (Å²) in [6.45, 7) is 1.21. The Morgan fingerprint density at radius 1 is 2.00 bits per heavy atom. The van der Waals surface area contributed by atoms with Gasteiger partial charge in [0.15, 0.2) is 0 Å². The van der Waals surface area contributed by atoms with Gasteiger partial charge in [-0.25, -0.2) is 4.39 Å². The fraction of sp³-hybridized carbons (Fsp3) is 1.00. The quantitative estimate of drug-likeness (QED) is 0.478. The predicted molar refractivity (Wildman–Crippen MR) is 19.6 cm³/mol. The van der Waals surface area contributed by atoms with E-state index < -0.39 is 6.67 Å². The summed E-state index contributed by atoms with van der Waals surface area (Å²) in [7, 11) is 0. The van der Waals surface area contributed by atoms with Crippen molar-refractivity contribution in [1.29, 1.82) is 0 Å². The minimum Gasteiger partial charge on any atom is -0.326 e. The number of nitrogens with two attached hydrogens (primary N) is 1. The second-order valence-electron chi connectivity index (χ2n) is 1.13. The van der Waals surface area contributed by atoms with Gasteiger partial charge < -0.3 is 5.73 Å². The van der Waals surface area contributed by atoms with E-state index in [1.165, 1.54) is 0 Å². The van der Waals surface area contributed by atoms with Crippen LogP contribution in [0.3, 0.4) is 0 Å². The van der Waals surface area contributed by atoms with E-state index in [0.29, 0.717) is 0 Å². The number of alkyl halides is 1. The van der Waals surface area contributed by atoms with Crippen molar-refractivity contribution in [2.24, 2.45) is 5.73 Å². The van der Waals surface area contributed by atoms with Crippen LogP contribution in [0.1, 0.15) is 6.92 Å². The monoisotopic (exact) mass is 77.1 g/mol. The first-order chi connectivity index (χ1) is 2.27. The van der Waals surface area contributed by atoms with Crippen LogP contribution in [0.5, 0.6) is 0 Å². The molecule has 0 aromatic carbocycles. The molecule has 0 bridgehead atoms. The molecule has 0 spiro atoms. The fourth-order valence-corrected chi connectivity index (χ4v) is 0. The lowest BCUT2D eigenvalue weighted by atomic mass is 10.4. The summed E-state index contributed by atoms with van der Waals surface area (Å²) in [5.41, 5.74) is 4.92. The van der Waals surface area contributed by atoms with E-state index in [0.717, 1.165) is 0 Å². The van der Waals surface area contributed by atoms with Crippen molar-refractivity contribution in [1.82, 2.24) is 0 Å².